The third kappa shape index (κ3) is 32.8. The number of primary amides is 2. The van der Waals surface area contributed by atoms with E-state index in [2.05, 4.69) is 77.3 Å². The van der Waals surface area contributed by atoms with Crippen molar-refractivity contribution in [1.82, 2.24) is 74.1 Å². The zero-order chi connectivity index (χ0) is 85.8. The highest BCUT2D eigenvalue weighted by Gasteiger charge is 2.42. The van der Waals surface area contributed by atoms with E-state index in [1.807, 2.05) is 10.6 Å². The number of aromatic amines is 1. The number of aliphatic carboxylic acids is 4. The van der Waals surface area contributed by atoms with Crippen LogP contribution in [0.2, 0.25) is 0 Å². The number of rotatable bonds is 36. The zero-order valence-corrected chi connectivity index (χ0v) is 64.6. The molecular weight excluding hydrogens is 1510 g/mol. The smallest absolute Gasteiger partial charge is 0.335 e. The number of carbonyl (C=O) groups is 20. The molecule has 1 aliphatic heterocycles. The van der Waals surface area contributed by atoms with E-state index in [1.165, 1.54) is 13.8 Å². The third-order valence-corrected chi connectivity index (χ3v) is 18.5. The van der Waals surface area contributed by atoms with Gasteiger partial charge in [0.2, 0.25) is 88.6 Å². The van der Waals surface area contributed by atoms with Gasteiger partial charge in [0.1, 0.15) is 72.6 Å². The lowest BCUT2D eigenvalue weighted by atomic mass is 9.94. The van der Waals surface area contributed by atoms with E-state index in [-0.39, 0.29) is 38.6 Å². The molecule has 1 aromatic heterocycles. The number of carboxylic acid groups (broad SMARTS) is 4. The lowest BCUT2D eigenvalue weighted by Gasteiger charge is -2.31. The molecule has 2 aromatic rings. The molecule has 3 rings (SSSR count). The Morgan fingerprint density at radius 1 is 0.561 bits per heavy atom. The van der Waals surface area contributed by atoms with E-state index >= 15 is 0 Å². The fourth-order valence-corrected chi connectivity index (χ4v) is 11.7. The van der Waals surface area contributed by atoms with Crippen molar-refractivity contribution in [2.24, 2.45) is 35.0 Å². The van der Waals surface area contributed by atoms with E-state index in [1.54, 1.807) is 30.5 Å². The topological polar surface area (TPSA) is 691 Å². The van der Waals surface area contributed by atoms with Crippen LogP contribution in [0.25, 0.3) is 10.9 Å². The molecule has 16 unspecified atom stereocenters. The van der Waals surface area contributed by atoms with Gasteiger partial charge in [-0.2, -0.15) is 0 Å². The molecule has 1 saturated heterocycles. The van der Waals surface area contributed by atoms with Crippen molar-refractivity contribution in [3.05, 3.63) is 36.0 Å². The first-order valence-electron chi connectivity index (χ1n) is 36.9. The molecule has 2 heterocycles. The van der Waals surface area contributed by atoms with Crippen LogP contribution in [0.15, 0.2) is 30.5 Å². The van der Waals surface area contributed by atoms with Gasteiger partial charge in [-0.3, -0.25) is 86.3 Å². The molecule has 0 saturated carbocycles. The fourth-order valence-electron chi connectivity index (χ4n) is 11.7. The first kappa shape index (κ1) is 96.3. The van der Waals surface area contributed by atoms with E-state index in [0.717, 1.165) is 53.6 Å². The summed E-state index contributed by atoms with van der Waals surface area (Å²) < 4.78 is 10.6. The average Bonchev–Trinajstić information content (AvgIpc) is 1.46. The number of hydrogen-bond acceptors (Lipinski definition) is 23. The molecule has 114 heavy (non-hydrogen) atoms. The van der Waals surface area contributed by atoms with Gasteiger partial charge in [0.25, 0.3) is 0 Å². The number of methoxy groups -OCH3 is 1. The molecule has 0 radical (unpaired) electrons. The number of esters is 1. The van der Waals surface area contributed by atoms with Crippen LogP contribution < -0.4 is 86.3 Å². The van der Waals surface area contributed by atoms with Gasteiger partial charge >= 0.3 is 29.8 Å². The highest BCUT2D eigenvalue weighted by Crippen LogP contribution is 2.22. The van der Waals surface area contributed by atoms with Gasteiger partial charge in [-0.15, -0.1) is 0 Å². The van der Waals surface area contributed by atoms with Gasteiger partial charge in [-0.1, -0.05) is 91.3 Å². The molecule has 15 amide bonds. The highest BCUT2D eigenvalue weighted by molar-refractivity contribution is 6.02. The average molecular weight is 1610 g/mol. The van der Waals surface area contributed by atoms with Crippen molar-refractivity contribution in [3.8, 4) is 0 Å². The first-order valence-corrected chi connectivity index (χ1v) is 36.9. The maximum atomic E-state index is 14.7. The minimum Gasteiger partial charge on any atom is -0.481 e. The summed E-state index contributed by atoms with van der Waals surface area (Å²) in [6, 6.07) is -15.2. The van der Waals surface area contributed by atoms with Gasteiger partial charge in [0.05, 0.1) is 45.2 Å². The molecule has 24 N–H and O–H groups in total. The van der Waals surface area contributed by atoms with E-state index in [9.17, 15) is 116 Å². The Morgan fingerprint density at radius 3 is 1.70 bits per heavy atom. The summed E-state index contributed by atoms with van der Waals surface area (Å²) in [5.41, 5.74) is 17.9. The Bertz CT molecular complexity index is 3800. The third-order valence-electron chi connectivity index (χ3n) is 18.5. The van der Waals surface area contributed by atoms with Gasteiger partial charge in [0.15, 0.2) is 6.10 Å². The monoisotopic (exact) mass is 1610 g/mol. The first-order chi connectivity index (χ1) is 53.6. The Hall–Kier alpha value is -11.9. The predicted molar refractivity (Wildman–Crippen MR) is 397 cm³/mol. The Balaban J connectivity index is 2.24. The van der Waals surface area contributed by atoms with Crippen LogP contribution >= 0.6 is 0 Å². The molecule has 1 aromatic carbocycles. The number of amides is 15. The van der Waals surface area contributed by atoms with Crippen molar-refractivity contribution < 1.29 is 126 Å². The van der Waals surface area contributed by atoms with Crippen molar-refractivity contribution in [1.29, 1.82) is 0 Å². The molecule has 43 heteroatoms. The summed E-state index contributed by atoms with van der Waals surface area (Å²) in [7, 11) is 0.796. The molecule has 1 fully saturated rings. The molecule has 0 spiro atoms. The maximum absolute atomic E-state index is 14.7. The number of nitrogens with two attached hydrogens (primary N) is 3. The van der Waals surface area contributed by atoms with Crippen LogP contribution in [0.5, 0.6) is 0 Å². The quantitative estimate of drug-likeness (QED) is 0.0223. The zero-order valence-electron chi connectivity index (χ0n) is 64.6. The molecule has 0 aliphatic carbocycles. The van der Waals surface area contributed by atoms with Crippen molar-refractivity contribution in [3.63, 3.8) is 0 Å². The number of carboxylic acids is 4. The largest absolute Gasteiger partial charge is 0.481 e. The van der Waals surface area contributed by atoms with Crippen LogP contribution in [-0.2, 0) is 112 Å². The van der Waals surface area contributed by atoms with Crippen molar-refractivity contribution in [2.75, 3.05) is 26.7 Å². The number of benzene rings is 1. The molecule has 43 nitrogen and oxygen atoms in total. The van der Waals surface area contributed by atoms with Crippen LogP contribution in [0.1, 0.15) is 150 Å². The second-order valence-electron chi connectivity index (χ2n) is 27.7. The summed E-state index contributed by atoms with van der Waals surface area (Å²) in [4.78, 5) is 275. The number of unbranched alkanes of at least 4 members (excludes halogenated alkanes) is 3. The van der Waals surface area contributed by atoms with E-state index in [4.69, 9.17) is 26.7 Å². The summed E-state index contributed by atoms with van der Waals surface area (Å²) in [5.74, 6) is -30.0. The van der Waals surface area contributed by atoms with E-state index < -0.39 is 254 Å². The Kier molecular flexibility index (Phi) is 40.6. The SMILES string of the molecule is CCC(C)CCCCCCC(=O)NC(Cc1c[nH]c2ccccc12)C(=O)NC(CC(N)=O)C(=O)NC(CC(=O)O)C(=O)NC1C(=O)NCC(=O)NC(CCCN)C(=O)NC(CC(=O)O)C(=O)NC(C)C(=O)NC(C(OC)C(=O)O)C(=O)NCC(=O)NC(CC(N)=O)C(=O)NC(C(C)CC(=O)O)C(=O)NC(C(C)CC)C(=O)OC1C. The van der Waals surface area contributed by atoms with Crippen LogP contribution in [-0.4, -0.2) is 249 Å². The molecule has 1 aliphatic rings. The molecule has 632 valence electrons. The fraction of sp³-hybridized carbons (Fsp3) is 0.606. The second kappa shape index (κ2) is 48.1. The Morgan fingerprint density at radius 2 is 1.12 bits per heavy atom. The van der Waals surface area contributed by atoms with Crippen molar-refractivity contribution in [2.45, 2.75) is 230 Å². The minimum absolute atomic E-state index is 0.00826. The summed E-state index contributed by atoms with van der Waals surface area (Å²) in [6.07, 6.45) is -4.05. The number of hydrogen-bond donors (Lipinski definition) is 21. The summed E-state index contributed by atoms with van der Waals surface area (Å²) in [6.45, 7) is 7.60. The summed E-state index contributed by atoms with van der Waals surface area (Å²) in [5, 5.41) is 69.1. The predicted octanol–water partition coefficient (Wildman–Crippen LogP) is -5.68. The number of cyclic esters (lactones) is 1. The van der Waals surface area contributed by atoms with Gasteiger partial charge in [-0.25, -0.2) is 9.59 Å². The number of fused-ring (bicyclic) bond motifs is 1. The maximum Gasteiger partial charge on any atom is 0.335 e. The second-order valence-corrected chi connectivity index (χ2v) is 27.7. The number of aromatic nitrogens is 1. The highest BCUT2D eigenvalue weighted by atomic mass is 16.5. The van der Waals surface area contributed by atoms with Gasteiger partial charge < -0.3 is 121 Å². The minimum atomic E-state index is -2.34. The Labute approximate surface area is 654 Å². The van der Waals surface area contributed by atoms with Crippen LogP contribution in [0, 0.1) is 17.8 Å². The lowest BCUT2D eigenvalue weighted by molar-refractivity contribution is -0.158. The normalized spacial score (nSPS) is 22.2. The molecular formula is C71H107N17O26. The molecule has 0 bridgehead atoms. The van der Waals surface area contributed by atoms with Gasteiger partial charge in [-0.05, 0) is 69.0 Å². The lowest BCUT2D eigenvalue weighted by Crippen LogP contribution is -2.62. The van der Waals surface area contributed by atoms with Crippen molar-refractivity contribution >= 4 is 129 Å². The van der Waals surface area contributed by atoms with Crippen LogP contribution in [0.4, 0.5) is 0 Å². The number of H-pyrrole nitrogens is 1. The standard InChI is InChI=1S/C71H107N17O26/c1-9-33(3)18-13-11-12-14-22-49(91)80-42(25-38-30-75-40-20-16-15-19-39(38)40)63(103)82-44(27-48(74)90)64(104)84-46(29-54(98)99)66(106)87-57-37(7)114-71(112)56(34(4)10-2)86-69(109)55(35(5)24-52(94)95)85-65(105)43(26-47(73)89)81-51(93)32-77-68(108)58(59(113-8)70(110)111)88-60(100)36(6)78-62(102)45(28-53(96)97)83-61(101)41(21-17-23-72)79-50(92)31-76-67(57)107/h15-16,19-20,30,33-37,41-46,55-59,75H,9-14,17-18,21-29,31-32,72H2,1-8H3,(H2,73,89)(H2,74,90)(H,76,107)(H,77,108)(H,78,102)(H,79,92)(H,80,91)(H,81,93)(H,82,103)(H,83,101)(H,84,104)(H,85,105)(H,86,109)(H,87,106)(H,88,100)(H,94,95)(H,96,97)(H,98,99)(H,110,111). The molecule has 16 atom stereocenters. The number of nitrogens with one attached hydrogen (secondary N) is 14. The number of carbonyl (C=O) groups excluding carboxylic acids is 16. The van der Waals surface area contributed by atoms with E-state index in [0.29, 0.717) is 35.2 Å². The summed E-state index contributed by atoms with van der Waals surface area (Å²) >= 11 is 0. The number of para-hydroxylation sites is 1. The van der Waals surface area contributed by atoms with Gasteiger partial charge in [0, 0.05) is 37.1 Å². The number of ether oxygens (including phenoxy) is 2. The van der Waals surface area contributed by atoms with Crippen LogP contribution in [0.3, 0.4) is 0 Å².